The summed E-state index contributed by atoms with van der Waals surface area (Å²) in [5, 5.41) is 8.35. The monoisotopic (exact) mass is 716 g/mol. The van der Waals surface area contributed by atoms with Crippen molar-refractivity contribution in [3.05, 3.63) is 170 Å². The molecule has 0 radical (unpaired) electrons. The standard InChI is InChI=1S/C50H28N4S/c1-2-16-30-29(14-1)15-13-23-35(30)46-49-47(37-22-8-12-27-43(37)55-49)52-50(51-46)54-41-26-11-7-21-36(41)44-42(54)28-38-33-19-6-10-25-40(33)53-39-24-9-5-18-32(39)31-17-3-4-20-34(31)45(44)48(38)53/h1-28H. The van der Waals surface area contributed by atoms with Gasteiger partial charge in [0.2, 0.25) is 5.95 Å². The maximum absolute atomic E-state index is 5.63. The van der Waals surface area contributed by atoms with Gasteiger partial charge in [0, 0.05) is 48.3 Å². The first-order chi connectivity index (χ1) is 27.3. The summed E-state index contributed by atoms with van der Waals surface area (Å²) in [6, 6.07) is 61.6. The van der Waals surface area contributed by atoms with Crippen LogP contribution in [0.25, 0.3) is 120 Å². The highest BCUT2D eigenvalue weighted by Crippen LogP contribution is 2.52. The molecule has 0 saturated carbocycles. The number of benzene rings is 8. The van der Waals surface area contributed by atoms with E-state index in [2.05, 4.69) is 179 Å². The van der Waals surface area contributed by atoms with Gasteiger partial charge in [0.05, 0.1) is 43.7 Å². The van der Waals surface area contributed by atoms with Crippen molar-refractivity contribution >= 4 is 86.0 Å². The highest BCUT2D eigenvalue weighted by Gasteiger charge is 2.29. The molecule has 0 amide bonds. The number of aromatic nitrogens is 4. The Kier molecular flexibility index (Phi) is 5.74. The summed E-state index contributed by atoms with van der Waals surface area (Å²) < 4.78 is 7.14. The summed E-state index contributed by atoms with van der Waals surface area (Å²) in [6.45, 7) is 0. The molecule has 0 fully saturated rings. The van der Waals surface area contributed by atoms with E-state index in [0.29, 0.717) is 5.95 Å². The highest BCUT2D eigenvalue weighted by molar-refractivity contribution is 7.26. The Balaban J connectivity index is 1.25. The molecule has 4 nitrogen and oxygen atoms in total. The molecule has 0 spiro atoms. The third kappa shape index (κ3) is 3.84. The maximum Gasteiger partial charge on any atom is 0.235 e. The molecule has 5 heteroatoms. The number of thiophene rings is 1. The third-order valence-corrected chi connectivity index (χ3v) is 12.8. The molecule has 0 N–H and O–H groups in total. The second-order valence-electron chi connectivity index (χ2n) is 14.5. The van der Waals surface area contributed by atoms with Crippen LogP contribution in [-0.2, 0) is 0 Å². The second kappa shape index (κ2) is 10.8. The number of hydrogen-bond acceptors (Lipinski definition) is 3. The molecule has 5 heterocycles. The number of rotatable bonds is 2. The predicted molar refractivity (Wildman–Crippen MR) is 231 cm³/mol. The van der Waals surface area contributed by atoms with Crippen molar-refractivity contribution in [2.45, 2.75) is 0 Å². The van der Waals surface area contributed by atoms with Gasteiger partial charge in [-0.25, -0.2) is 9.97 Å². The Labute approximate surface area is 318 Å². The van der Waals surface area contributed by atoms with Crippen molar-refractivity contribution in [2.75, 3.05) is 0 Å². The molecule has 0 atom stereocenters. The van der Waals surface area contributed by atoms with Crippen molar-refractivity contribution in [1.29, 1.82) is 0 Å². The van der Waals surface area contributed by atoms with Gasteiger partial charge in [0.1, 0.15) is 0 Å². The van der Waals surface area contributed by atoms with Crippen LogP contribution in [0.4, 0.5) is 0 Å². The Morgan fingerprint density at radius 2 is 1.07 bits per heavy atom. The number of hydrogen-bond donors (Lipinski definition) is 0. The summed E-state index contributed by atoms with van der Waals surface area (Å²) in [5.74, 6) is 0.672. The van der Waals surface area contributed by atoms with Gasteiger partial charge in [-0.2, -0.15) is 0 Å². The van der Waals surface area contributed by atoms with Gasteiger partial charge in [-0.3, -0.25) is 4.57 Å². The lowest BCUT2D eigenvalue weighted by Crippen LogP contribution is -2.03. The summed E-state index contributed by atoms with van der Waals surface area (Å²) >= 11 is 1.78. The van der Waals surface area contributed by atoms with Crippen LogP contribution in [0.2, 0.25) is 0 Å². The molecule has 1 aliphatic rings. The quantitative estimate of drug-likeness (QED) is 0.179. The first-order valence-corrected chi connectivity index (χ1v) is 19.5. The van der Waals surface area contributed by atoms with E-state index in [-0.39, 0.29) is 0 Å². The van der Waals surface area contributed by atoms with Crippen molar-refractivity contribution in [3.63, 3.8) is 0 Å². The molecule has 0 unspecified atom stereocenters. The zero-order chi connectivity index (χ0) is 35.8. The van der Waals surface area contributed by atoms with E-state index >= 15 is 0 Å². The molecule has 55 heavy (non-hydrogen) atoms. The Hall–Kier alpha value is -7.08. The van der Waals surface area contributed by atoms with Crippen LogP contribution in [-0.4, -0.2) is 19.1 Å². The molecule has 1 aliphatic heterocycles. The molecule has 0 aliphatic carbocycles. The first-order valence-electron chi connectivity index (χ1n) is 18.7. The van der Waals surface area contributed by atoms with Gasteiger partial charge in [-0.05, 0) is 52.2 Å². The van der Waals surface area contributed by atoms with Gasteiger partial charge >= 0.3 is 0 Å². The van der Waals surface area contributed by atoms with Gasteiger partial charge in [0.25, 0.3) is 0 Å². The smallest absolute Gasteiger partial charge is 0.235 e. The second-order valence-corrected chi connectivity index (χ2v) is 15.5. The van der Waals surface area contributed by atoms with E-state index in [1.165, 1.54) is 76.0 Å². The first kappa shape index (κ1) is 29.4. The average molecular weight is 717 g/mol. The molecule has 0 bridgehead atoms. The minimum Gasteiger partial charge on any atom is -0.308 e. The maximum atomic E-state index is 5.63. The normalized spacial score (nSPS) is 12.4. The summed E-state index contributed by atoms with van der Waals surface area (Å²) in [7, 11) is 0. The molecule has 254 valence electrons. The molecule has 4 aromatic heterocycles. The third-order valence-electron chi connectivity index (χ3n) is 11.7. The predicted octanol–water partition coefficient (Wildman–Crippen LogP) is 13.5. The van der Waals surface area contributed by atoms with E-state index in [1.807, 2.05) is 0 Å². The van der Waals surface area contributed by atoms with E-state index < -0.39 is 0 Å². The van der Waals surface area contributed by atoms with Crippen molar-refractivity contribution in [1.82, 2.24) is 19.1 Å². The zero-order valence-electron chi connectivity index (χ0n) is 29.4. The SMILES string of the molecule is c1ccc2c(c1)-c1ccccc1-n1c3ccccc3c3cc4c(c-2c31)c1ccccc1n4-c1nc(-c2cccc3ccccc23)c2sc3ccccc3c2n1. The van der Waals surface area contributed by atoms with Gasteiger partial charge in [-0.1, -0.05) is 140 Å². The molecular formula is C50H28N4S. The van der Waals surface area contributed by atoms with E-state index in [4.69, 9.17) is 9.97 Å². The minimum absolute atomic E-state index is 0.672. The number of para-hydroxylation sites is 3. The Morgan fingerprint density at radius 1 is 0.436 bits per heavy atom. The van der Waals surface area contributed by atoms with Crippen LogP contribution in [0.3, 0.4) is 0 Å². The molecule has 12 aromatic rings. The van der Waals surface area contributed by atoms with E-state index in [9.17, 15) is 0 Å². The van der Waals surface area contributed by atoms with Crippen LogP contribution < -0.4 is 0 Å². The number of nitrogens with zero attached hydrogens (tertiary/aromatic N) is 4. The fourth-order valence-electron chi connectivity index (χ4n) is 9.43. The average Bonchev–Trinajstić information content (AvgIpc) is 3.87. The van der Waals surface area contributed by atoms with Crippen LogP contribution in [0, 0.1) is 0 Å². The molecular weight excluding hydrogens is 689 g/mol. The zero-order valence-corrected chi connectivity index (χ0v) is 30.2. The number of fused-ring (bicyclic) bond motifs is 16. The van der Waals surface area contributed by atoms with Crippen molar-refractivity contribution in [3.8, 4) is 45.1 Å². The largest absolute Gasteiger partial charge is 0.308 e. The fraction of sp³-hybridized carbons (Fsp3) is 0. The van der Waals surface area contributed by atoms with Crippen LogP contribution >= 0.6 is 11.3 Å². The lowest BCUT2D eigenvalue weighted by atomic mass is 9.91. The lowest BCUT2D eigenvalue weighted by molar-refractivity contribution is 1.02. The van der Waals surface area contributed by atoms with E-state index in [1.54, 1.807) is 11.3 Å². The van der Waals surface area contributed by atoms with Gasteiger partial charge in [0.15, 0.2) is 0 Å². The summed E-state index contributed by atoms with van der Waals surface area (Å²) in [5.41, 5.74) is 13.8. The van der Waals surface area contributed by atoms with Crippen molar-refractivity contribution in [2.24, 2.45) is 0 Å². The van der Waals surface area contributed by atoms with E-state index in [0.717, 1.165) is 37.9 Å². The van der Waals surface area contributed by atoms with Gasteiger partial charge < -0.3 is 4.57 Å². The highest BCUT2D eigenvalue weighted by atomic mass is 32.1. The Morgan fingerprint density at radius 3 is 1.95 bits per heavy atom. The topological polar surface area (TPSA) is 35.6 Å². The minimum atomic E-state index is 0.672. The van der Waals surface area contributed by atoms with Crippen LogP contribution in [0.1, 0.15) is 0 Å². The van der Waals surface area contributed by atoms with Crippen molar-refractivity contribution < 1.29 is 0 Å². The summed E-state index contributed by atoms with van der Waals surface area (Å²) in [4.78, 5) is 11.2. The fourth-order valence-corrected chi connectivity index (χ4v) is 10.6. The summed E-state index contributed by atoms with van der Waals surface area (Å²) in [6.07, 6.45) is 0. The lowest BCUT2D eigenvalue weighted by Gasteiger charge is -2.13. The molecule has 13 rings (SSSR count). The van der Waals surface area contributed by atoms with Gasteiger partial charge in [-0.15, -0.1) is 11.3 Å². The molecule has 8 aromatic carbocycles. The molecule has 0 saturated heterocycles. The Bertz CT molecular complexity index is 3610. The van der Waals surface area contributed by atoms with Crippen LogP contribution in [0.5, 0.6) is 0 Å². The van der Waals surface area contributed by atoms with Crippen LogP contribution in [0.15, 0.2) is 170 Å².